The van der Waals surface area contributed by atoms with Gasteiger partial charge in [0.15, 0.2) is 0 Å². The van der Waals surface area contributed by atoms with Gasteiger partial charge in [0.05, 0.1) is 0 Å². The highest BCUT2D eigenvalue weighted by molar-refractivity contribution is 6.17. The largest absolute Gasteiger partial charge is 0.311 e. The summed E-state index contributed by atoms with van der Waals surface area (Å²) in [7, 11) is 0. The Morgan fingerprint density at radius 1 is 1.60 bits per heavy atom. The average molecular weight is 168 g/mol. The molecule has 1 N–H and O–H groups in total. The molecule has 0 aromatic rings. The summed E-state index contributed by atoms with van der Waals surface area (Å²) < 4.78 is 11.6. The molecule has 0 radical (unpaired) electrons. The molecule has 0 aromatic carbocycles. The van der Waals surface area contributed by atoms with Gasteiger partial charge in [0.25, 0.3) is 0 Å². The van der Waals surface area contributed by atoms with Crippen molar-refractivity contribution in [1.29, 1.82) is 0 Å². The van der Waals surface area contributed by atoms with Crippen LogP contribution in [0.1, 0.15) is 19.8 Å². The van der Waals surface area contributed by atoms with Crippen LogP contribution in [0.4, 0.5) is 4.39 Å². The highest BCUT2D eigenvalue weighted by Gasteiger charge is 2.02. The minimum atomic E-state index is -0.293. The van der Waals surface area contributed by atoms with Crippen molar-refractivity contribution in [2.45, 2.75) is 25.8 Å². The van der Waals surface area contributed by atoms with Gasteiger partial charge in [-0.2, -0.15) is 0 Å². The average Bonchev–Trinajstić information content (AvgIpc) is 1.98. The maximum atomic E-state index is 11.6. The van der Waals surface area contributed by atoms with E-state index in [0.29, 0.717) is 18.5 Å². The minimum absolute atomic E-state index is 0.293. The molecule has 1 unspecified atom stereocenters. The molecule has 1 nitrogen and oxygen atoms in total. The first kappa shape index (κ1) is 10.2. The lowest BCUT2D eigenvalue weighted by Crippen LogP contribution is -2.30. The zero-order valence-electron chi connectivity index (χ0n) is 6.37. The van der Waals surface area contributed by atoms with E-state index in [0.717, 1.165) is 12.8 Å². The molecule has 0 bridgehead atoms. The van der Waals surface area contributed by atoms with E-state index in [1.165, 1.54) is 0 Å². The molecule has 0 amide bonds. The van der Waals surface area contributed by atoms with E-state index in [-0.39, 0.29) is 6.67 Å². The third-order valence-corrected chi connectivity index (χ3v) is 1.70. The Balaban J connectivity index is 3.21. The van der Waals surface area contributed by atoms with Gasteiger partial charge in [0, 0.05) is 18.5 Å². The summed E-state index contributed by atoms with van der Waals surface area (Å²) >= 11 is 5.52. The molecule has 0 heterocycles. The Bertz CT molecular complexity index is 70.6. The van der Waals surface area contributed by atoms with Crippen LogP contribution < -0.4 is 5.32 Å². The Hall–Kier alpha value is 0.180. The molecule has 10 heavy (non-hydrogen) atoms. The van der Waals surface area contributed by atoms with Crippen LogP contribution in [0.5, 0.6) is 0 Å². The monoisotopic (exact) mass is 167 g/mol. The van der Waals surface area contributed by atoms with Gasteiger partial charge < -0.3 is 5.32 Å². The Kier molecular flexibility index (Phi) is 7.42. The van der Waals surface area contributed by atoms with Crippen molar-refractivity contribution in [2.75, 3.05) is 19.1 Å². The standard InChI is InChI=1S/C7H15ClFN/c1-2-7(3-4-8)10-6-5-9/h7,10H,2-6H2,1H3. The van der Waals surface area contributed by atoms with Crippen LogP contribution in [-0.4, -0.2) is 25.1 Å². The molecule has 0 aliphatic rings. The van der Waals surface area contributed by atoms with Crippen LogP contribution in [-0.2, 0) is 0 Å². The van der Waals surface area contributed by atoms with Crippen molar-refractivity contribution < 1.29 is 4.39 Å². The molecule has 1 atom stereocenters. The van der Waals surface area contributed by atoms with Crippen molar-refractivity contribution in [3.63, 3.8) is 0 Å². The van der Waals surface area contributed by atoms with E-state index in [2.05, 4.69) is 12.2 Å². The van der Waals surface area contributed by atoms with Crippen molar-refractivity contribution in [3.05, 3.63) is 0 Å². The van der Waals surface area contributed by atoms with Crippen LogP contribution in [0.15, 0.2) is 0 Å². The lowest BCUT2D eigenvalue weighted by molar-refractivity contribution is 0.418. The van der Waals surface area contributed by atoms with E-state index in [4.69, 9.17) is 11.6 Å². The summed E-state index contributed by atoms with van der Waals surface area (Å²) in [4.78, 5) is 0. The quantitative estimate of drug-likeness (QED) is 0.597. The number of alkyl halides is 2. The lowest BCUT2D eigenvalue weighted by atomic mass is 10.2. The minimum Gasteiger partial charge on any atom is -0.311 e. The van der Waals surface area contributed by atoms with Crippen LogP contribution >= 0.6 is 11.6 Å². The second kappa shape index (κ2) is 7.29. The van der Waals surface area contributed by atoms with Crippen LogP contribution in [0, 0.1) is 0 Å². The molecule has 0 spiro atoms. The van der Waals surface area contributed by atoms with Crippen molar-refractivity contribution >= 4 is 11.6 Å². The van der Waals surface area contributed by atoms with E-state index in [1.807, 2.05) is 0 Å². The summed E-state index contributed by atoms with van der Waals surface area (Å²) in [6.07, 6.45) is 1.95. The molecular formula is C7H15ClFN. The molecule has 0 fully saturated rings. The highest BCUT2D eigenvalue weighted by atomic mass is 35.5. The Labute approximate surface area is 66.9 Å². The highest BCUT2D eigenvalue weighted by Crippen LogP contribution is 1.98. The summed E-state index contributed by atoms with van der Waals surface area (Å²) in [5.74, 6) is 0.651. The fourth-order valence-corrected chi connectivity index (χ4v) is 1.10. The van der Waals surface area contributed by atoms with Crippen LogP contribution in [0.3, 0.4) is 0 Å². The fourth-order valence-electron chi connectivity index (χ4n) is 0.841. The number of hydrogen-bond acceptors (Lipinski definition) is 1. The predicted octanol–water partition coefficient (Wildman–Crippen LogP) is 1.95. The van der Waals surface area contributed by atoms with E-state index >= 15 is 0 Å². The second-order valence-corrected chi connectivity index (χ2v) is 2.60. The van der Waals surface area contributed by atoms with Gasteiger partial charge in [-0.05, 0) is 12.8 Å². The predicted molar refractivity (Wildman–Crippen MR) is 43.4 cm³/mol. The Morgan fingerprint density at radius 2 is 2.30 bits per heavy atom. The first-order chi connectivity index (χ1) is 4.85. The van der Waals surface area contributed by atoms with Gasteiger partial charge in [-0.25, -0.2) is 4.39 Å². The third-order valence-electron chi connectivity index (χ3n) is 1.48. The van der Waals surface area contributed by atoms with Gasteiger partial charge in [-0.15, -0.1) is 11.6 Å². The number of hydrogen-bond donors (Lipinski definition) is 1. The third kappa shape index (κ3) is 5.00. The van der Waals surface area contributed by atoms with E-state index < -0.39 is 0 Å². The smallest absolute Gasteiger partial charge is 0.102 e. The number of nitrogens with one attached hydrogen (secondary N) is 1. The lowest BCUT2D eigenvalue weighted by Gasteiger charge is -2.13. The fraction of sp³-hybridized carbons (Fsp3) is 1.00. The van der Waals surface area contributed by atoms with Crippen molar-refractivity contribution in [3.8, 4) is 0 Å². The van der Waals surface area contributed by atoms with E-state index in [9.17, 15) is 4.39 Å². The topological polar surface area (TPSA) is 12.0 Å². The molecule has 62 valence electrons. The van der Waals surface area contributed by atoms with Gasteiger partial charge in [-0.3, -0.25) is 0 Å². The first-order valence-electron chi connectivity index (χ1n) is 3.70. The number of rotatable bonds is 6. The van der Waals surface area contributed by atoms with Crippen LogP contribution in [0.2, 0.25) is 0 Å². The summed E-state index contributed by atoms with van der Waals surface area (Å²) in [5, 5.41) is 3.06. The summed E-state index contributed by atoms with van der Waals surface area (Å²) in [6.45, 7) is 2.23. The van der Waals surface area contributed by atoms with Crippen molar-refractivity contribution in [2.24, 2.45) is 0 Å². The normalized spacial score (nSPS) is 13.5. The molecule has 0 saturated heterocycles. The van der Waals surface area contributed by atoms with Gasteiger partial charge in [-0.1, -0.05) is 6.92 Å². The maximum Gasteiger partial charge on any atom is 0.102 e. The summed E-state index contributed by atoms with van der Waals surface area (Å²) in [5.41, 5.74) is 0. The van der Waals surface area contributed by atoms with E-state index in [1.54, 1.807) is 0 Å². The molecule has 0 aliphatic carbocycles. The molecule has 0 rings (SSSR count). The maximum absolute atomic E-state index is 11.6. The first-order valence-corrected chi connectivity index (χ1v) is 4.23. The van der Waals surface area contributed by atoms with Crippen molar-refractivity contribution in [1.82, 2.24) is 5.32 Å². The molecule has 0 aliphatic heterocycles. The van der Waals surface area contributed by atoms with Gasteiger partial charge >= 0.3 is 0 Å². The SMILES string of the molecule is CCC(CCCl)NCCF. The second-order valence-electron chi connectivity index (χ2n) is 2.23. The zero-order valence-corrected chi connectivity index (χ0v) is 7.12. The summed E-state index contributed by atoms with van der Waals surface area (Å²) in [6, 6.07) is 0.397. The molecular weight excluding hydrogens is 153 g/mol. The molecule has 0 saturated carbocycles. The van der Waals surface area contributed by atoms with Gasteiger partial charge in [0.1, 0.15) is 6.67 Å². The number of halogens is 2. The van der Waals surface area contributed by atoms with Crippen LogP contribution in [0.25, 0.3) is 0 Å². The van der Waals surface area contributed by atoms with Gasteiger partial charge in [0.2, 0.25) is 0 Å². The zero-order chi connectivity index (χ0) is 7.82. The molecule has 3 heteroatoms. The Morgan fingerprint density at radius 3 is 2.70 bits per heavy atom. The molecule has 0 aromatic heterocycles.